The molecule has 0 atom stereocenters. The summed E-state index contributed by atoms with van der Waals surface area (Å²) in [4.78, 5) is 0. The van der Waals surface area contributed by atoms with Crippen molar-refractivity contribution in [1.29, 1.82) is 0 Å². The maximum atomic E-state index is 4.71. The van der Waals surface area contributed by atoms with Crippen molar-refractivity contribution in [3.8, 4) is 0 Å². The molecule has 0 fully saturated rings. The number of thiophene rings is 1. The van der Waals surface area contributed by atoms with Crippen LogP contribution in [0.15, 0.2) is 39.8 Å². The summed E-state index contributed by atoms with van der Waals surface area (Å²) in [6.07, 6.45) is 3.37. The molecule has 0 aliphatic rings. The normalized spacial score (nSPS) is 7.38. The Bertz CT molecular complexity index is 250. The smallest absolute Gasteiger partial charge is 0.0931 e. The zero-order chi connectivity index (χ0) is 12.8. The van der Waals surface area contributed by atoms with Crippen molar-refractivity contribution < 1.29 is 4.42 Å². The zero-order valence-corrected chi connectivity index (χ0v) is 12.1. The lowest BCUT2D eigenvalue weighted by Crippen LogP contribution is -1.48. The molecule has 0 N–H and O–H groups in total. The van der Waals surface area contributed by atoms with E-state index in [9.17, 15) is 0 Å². The van der Waals surface area contributed by atoms with Gasteiger partial charge in [0.25, 0.3) is 0 Å². The number of furan rings is 1. The first-order chi connectivity index (χ1) is 7.79. The third kappa shape index (κ3) is 11.1. The van der Waals surface area contributed by atoms with Crippen LogP contribution in [0.1, 0.15) is 38.8 Å². The van der Waals surface area contributed by atoms with Gasteiger partial charge in [-0.2, -0.15) is 11.3 Å². The van der Waals surface area contributed by atoms with E-state index >= 15 is 0 Å². The van der Waals surface area contributed by atoms with Gasteiger partial charge in [0, 0.05) is 0 Å². The van der Waals surface area contributed by atoms with Gasteiger partial charge in [0.2, 0.25) is 0 Å². The van der Waals surface area contributed by atoms with E-state index < -0.39 is 0 Å². The summed E-state index contributed by atoms with van der Waals surface area (Å²) in [5.74, 6) is 0. The van der Waals surface area contributed by atoms with Gasteiger partial charge in [0.1, 0.15) is 0 Å². The average molecular weight is 240 g/mol. The summed E-state index contributed by atoms with van der Waals surface area (Å²) in [6.45, 7) is 12.1. The van der Waals surface area contributed by atoms with E-state index in [2.05, 4.69) is 23.8 Å². The first-order valence-electron chi connectivity index (χ1n) is 5.76. The molecule has 16 heavy (non-hydrogen) atoms. The first-order valence-corrected chi connectivity index (χ1v) is 6.71. The monoisotopic (exact) mass is 240 g/mol. The average Bonchev–Trinajstić information content (AvgIpc) is 2.98. The molecule has 0 aliphatic heterocycles. The van der Waals surface area contributed by atoms with Gasteiger partial charge >= 0.3 is 0 Å². The second-order valence-corrected chi connectivity index (χ2v) is 3.38. The zero-order valence-electron chi connectivity index (χ0n) is 11.3. The molecule has 0 bridgehead atoms. The van der Waals surface area contributed by atoms with Crippen molar-refractivity contribution in [3.05, 3.63) is 46.5 Å². The highest BCUT2D eigenvalue weighted by atomic mass is 32.1. The van der Waals surface area contributed by atoms with Crippen LogP contribution in [0.2, 0.25) is 0 Å². The summed E-state index contributed by atoms with van der Waals surface area (Å²) < 4.78 is 4.71. The predicted octanol–water partition coefficient (Wildman–Crippen LogP) is 5.70. The molecule has 0 saturated heterocycles. The van der Waals surface area contributed by atoms with Gasteiger partial charge in [0.15, 0.2) is 0 Å². The molecule has 0 radical (unpaired) electrons. The molecule has 0 amide bonds. The highest BCUT2D eigenvalue weighted by molar-refractivity contribution is 7.07. The van der Waals surface area contributed by atoms with E-state index in [0.717, 1.165) is 0 Å². The van der Waals surface area contributed by atoms with Gasteiger partial charge in [-0.3, -0.25) is 0 Å². The number of hydrogen-bond donors (Lipinski definition) is 0. The van der Waals surface area contributed by atoms with Crippen molar-refractivity contribution in [2.75, 3.05) is 0 Å². The minimum Gasteiger partial charge on any atom is -0.472 e. The minimum atomic E-state index is 1.18. The molecule has 0 spiro atoms. The Morgan fingerprint density at radius 3 is 1.69 bits per heavy atom. The molecule has 2 aromatic rings. The summed E-state index contributed by atoms with van der Waals surface area (Å²) >= 11 is 1.74. The number of hydrogen-bond acceptors (Lipinski definition) is 2. The van der Waals surface area contributed by atoms with E-state index in [1.165, 1.54) is 11.1 Å². The van der Waals surface area contributed by atoms with Crippen LogP contribution < -0.4 is 0 Å². The molecule has 0 aliphatic carbocycles. The van der Waals surface area contributed by atoms with Crippen molar-refractivity contribution in [3.63, 3.8) is 0 Å². The van der Waals surface area contributed by atoms with Crippen molar-refractivity contribution in [2.24, 2.45) is 0 Å². The van der Waals surface area contributed by atoms with Gasteiger partial charge in [-0.05, 0) is 47.9 Å². The maximum Gasteiger partial charge on any atom is 0.0931 e. The molecule has 2 rings (SSSR count). The fraction of sp³-hybridized carbons (Fsp3) is 0.429. The van der Waals surface area contributed by atoms with E-state index in [1.54, 1.807) is 23.9 Å². The van der Waals surface area contributed by atoms with Crippen LogP contribution in [0.4, 0.5) is 0 Å². The van der Waals surface area contributed by atoms with Crippen LogP contribution in [0, 0.1) is 13.8 Å². The molecule has 2 aromatic heterocycles. The second-order valence-electron chi connectivity index (χ2n) is 2.60. The van der Waals surface area contributed by atoms with Gasteiger partial charge in [-0.1, -0.05) is 27.7 Å². The van der Waals surface area contributed by atoms with Gasteiger partial charge in [-0.25, -0.2) is 0 Å². The Labute approximate surface area is 104 Å². The van der Waals surface area contributed by atoms with Crippen molar-refractivity contribution in [2.45, 2.75) is 41.5 Å². The van der Waals surface area contributed by atoms with Crippen LogP contribution in [-0.4, -0.2) is 0 Å². The minimum absolute atomic E-state index is 1.18. The Morgan fingerprint density at radius 2 is 1.56 bits per heavy atom. The Morgan fingerprint density at radius 1 is 0.938 bits per heavy atom. The fourth-order valence-corrected chi connectivity index (χ4v) is 1.33. The van der Waals surface area contributed by atoms with Crippen molar-refractivity contribution >= 4 is 11.3 Å². The summed E-state index contributed by atoms with van der Waals surface area (Å²) in [7, 11) is 0. The lowest BCUT2D eigenvalue weighted by atomic mass is 10.4. The number of aryl methyl sites for hydroxylation is 2. The third-order valence-electron chi connectivity index (χ3n) is 1.33. The molecule has 2 heteroatoms. The predicted molar refractivity (Wildman–Crippen MR) is 75.2 cm³/mol. The Hall–Kier alpha value is -1.02. The molecule has 0 unspecified atom stereocenters. The summed E-state index contributed by atoms with van der Waals surface area (Å²) in [6, 6.07) is 4.02. The fourth-order valence-electron chi connectivity index (χ4n) is 0.665. The largest absolute Gasteiger partial charge is 0.472 e. The Kier molecular flexibility index (Phi) is 15.2. The van der Waals surface area contributed by atoms with Crippen LogP contribution >= 0.6 is 11.3 Å². The first kappa shape index (κ1) is 17.4. The molecular formula is C14H24OS. The highest BCUT2D eigenvalue weighted by Crippen LogP contribution is 2.01. The van der Waals surface area contributed by atoms with E-state index in [4.69, 9.17) is 4.42 Å². The van der Waals surface area contributed by atoms with Crippen molar-refractivity contribution in [1.82, 2.24) is 0 Å². The molecule has 2 heterocycles. The third-order valence-corrected chi connectivity index (χ3v) is 2.13. The van der Waals surface area contributed by atoms with E-state index in [1.807, 2.05) is 40.7 Å². The number of rotatable bonds is 0. The second kappa shape index (κ2) is 14.0. The Balaban J connectivity index is 0. The van der Waals surface area contributed by atoms with Crippen LogP contribution in [0.5, 0.6) is 0 Å². The van der Waals surface area contributed by atoms with E-state index in [0.29, 0.717) is 0 Å². The molecule has 0 saturated carbocycles. The van der Waals surface area contributed by atoms with Crippen LogP contribution in [0.3, 0.4) is 0 Å². The van der Waals surface area contributed by atoms with Gasteiger partial charge < -0.3 is 4.42 Å². The standard InChI is InChI=1S/C5H6O.C5H6S.2C2H6/c2*1-5-2-3-6-4-5;2*1-2/h2*2-4H,1H3;2*1-2H3. The van der Waals surface area contributed by atoms with Crippen LogP contribution in [0.25, 0.3) is 0 Å². The molecule has 92 valence electrons. The van der Waals surface area contributed by atoms with Gasteiger partial charge in [-0.15, -0.1) is 0 Å². The van der Waals surface area contributed by atoms with Gasteiger partial charge in [0.05, 0.1) is 12.5 Å². The highest BCUT2D eigenvalue weighted by Gasteiger charge is 1.76. The molecular weight excluding hydrogens is 216 g/mol. The molecule has 0 aromatic carbocycles. The lowest BCUT2D eigenvalue weighted by Gasteiger charge is -1.65. The quantitative estimate of drug-likeness (QED) is 0.576. The topological polar surface area (TPSA) is 13.1 Å². The summed E-state index contributed by atoms with van der Waals surface area (Å²) in [5, 5.41) is 4.20. The van der Waals surface area contributed by atoms with E-state index in [-0.39, 0.29) is 0 Å². The van der Waals surface area contributed by atoms with Crippen LogP contribution in [-0.2, 0) is 0 Å². The maximum absolute atomic E-state index is 4.71. The molecule has 1 nitrogen and oxygen atoms in total. The SMILES string of the molecule is CC.CC.Cc1ccoc1.Cc1ccsc1. The lowest BCUT2D eigenvalue weighted by molar-refractivity contribution is 0.565. The summed E-state index contributed by atoms with van der Waals surface area (Å²) in [5.41, 5.74) is 2.54.